The fourth-order valence-corrected chi connectivity index (χ4v) is 8.09. The van der Waals surface area contributed by atoms with Gasteiger partial charge in [0.2, 0.25) is 6.41 Å². The van der Waals surface area contributed by atoms with Crippen molar-refractivity contribution in [1.82, 2.24) is 5.32 Å². The van der Waals surface area contributed by atoms with Gasteiger partial charge in [0, 0.05) is 34.4 Å². The van der Waals surface area contributed by atoms with Crippen molar-refractivity contribution in [1.29, 1.82) is 0 Å². The molecule has 3 aliphatic rings. The first-order valence-electron chi connectivity index (χ1n) is 18.0. The zero-order valence-electron chi connectivity index (χ0n) is 32.2. The number of likely N-dealkylation sites (N-methyl/N-ethyl adjacent to an activating group) is 1. The number of nitrogens with one attached hydrogen (secondary N) is 1. The summed E-state index contributed by atoms with van der Waals surface area (Å²) in [5.74, 6) is -0.588. The minimum Gasteiger partial charge on any atom is -0.493 e. The number of carbonyl (C=O) groups excluding carboxylic acids is 3. The maximum atomic E-state index is 13.9. The topological polar surface area (TPSA) is 167 Å². The number of carbonyl (C=O) groups is 3. The highest BCUT2D eigenvalue weighted by atomic mass is 35.5. The van der Waals surface area contributed by atoms with Crippen molar-refractivity contribution in [2.45, 2.75) is 96.1 Å². The van der Waals surface area contributed by atoms with Crippen molar-refractivity contribution in [3.05, 3.63) is 92.5 Å². The van der Waals surface area contributed by atoms with Crippen molar-refractivity contribution in [3.63, 3.8) is 0 Å². The number of benzene rings is 3. The van der Waals surface area contributed by atoms with Gasteiger partial charge in [-0.25, -0.2) is 8.78 Å². The van der Waals surface area contributed by atoms with Gasteiger partial charge in [-0.15, -0.1) is 0 Å². The van der Waals surface area contributed by atoms with Crippen LogP contribution in [0.2, 0.25) is 10.0 Å². The molecule has 0 saturated heterocycles. The zero-order valence-corrected chi connectivity index (χ0v) is 34.6. The van der Waals surface area contributed by atoms with E-state index in [1.54, 1.807) is 18.2 Å². The van der Waals surface area contributed by atoms with Crippen molar-refractivity contribution in [2.75, 3.05) is 20.4 Å². The van der Waals surface area contributed by atoms with E-state index in [0.717, 1.165) is 60.6 Å². The maximum absolute atomic E-state index is 13.9. The Bertz CT molecular complexity index is 1790. The number of aldehydes is 1. The molecule has 16 heteroatoms. The first kappa shape index (κ1) is 47.0. The molecule has 6 rings (SSSR count). The average molecular weight is 844 g/mol. The molecule has 0 aliphatic heterocycles. The lowest BCUT2D eigenvalue weighted by atomic mass is 9.56. The van der Waals surface area contributed by atoms with Crippen molar-refractivity contribution < 1.29 is 51.7 Å². The molecule has 3 aromatic rings. The van der Waals surface area contributed by atoms with Crippen LogP contribution >= 0.6 is 31.8 Å². The molecule has 0 radical (unpaired) electrons. The molecular formula is C40H51Cl2F2N2O9P. The molecule has 0 spiro atoms. The van der Waals surface area contributed by atoms with Gasteiger partial charge in [-0.05, 0) is 106 Å². The second-order valence-corrected chi connectivity index (χ2v) is 16.2. The smallest absolute Gasteiger partial charge is 0.391 e. The van der Waals surface area contributed by atoms with E-state index in [2.05, 4.69) is 11.1 Å². The summed E-state index contributed by atoms with van der Waals surface area (Å²) in [6, 6.07) is 12.7. The molecule has 56 heavy (non-hydrogen) atoms. The Kier molecular flexibility index (Phi) is 17.9. The molecule has 1 unspecified atom stereocenters. The number of halogens is 4. The van der Waals surface area contributed by atoms with E-state index in [4.69, 9.17) is 46.7 Å². The van der Waals surface area contributed by atoms with E-state index in [0.29, 0.717) is 30.9 Å². The summed E-state index contributed by atoms with van der Waals surface area (Å²) in [5.41, 5.74) is 6.44. The lowest BCUT2D eigenvalue weighted by Gasteiger charge is -2.57. The molecule has 11 nitrogen and oxygen atoms in total. The molecular weight excluding hydrogens is 792 g/mol. The summed E-state index contributed by atoms with van der Waals surface area (Å²) in [5, 5.41) is 3.64. The third kappa shape index (κ3) is 13.1. The van der Waals surface area contributed by atoms with Crippen LogP contribution in [-0.2, 0) is 35.7 Å². The molecule has 2 bridgehead atoms. The maximum Gasteiger partial charge on any atom is 0.391 e. The van der Waals surface area contributed by atoms with Crippen LogP contribution in [0.1, 0.15) is 81.0 Å². The Morgan fingerprint density at radius 1 is 1.02 bits per heavy atom. The molecule has 1 atom stereocenters. The van der Waals surface area contributed by atoms with Crippen molar-refractivity contribution >= 4 is 50.5 Å². The summed E-state index contributed by atoms with van der Waals surface area (Å²) in [6.07, 6.45) is 6.30. The summed E-state index contributed by atoms with van der Waals surface area (Å²) in [7, 11) is -0.673. The van der Waals surface area contributed by atoms with Gasteiger partial charge in [0.15, 0.2) is 6.79 Å². The van der Waals surface area contributed by atoms with Gasteiger partial charge in [0.1, 0.15) is 29.4 Å². The van der Waals surface area contributed by atoms with Crippen LogP contribution in [0.5, 0.6) is 11.5 Å². The average Bonchev–Trinajstić information content (AvgIpc) is 3.13. The van der Waals surface area contributed by atoms with Crippen LogP contribution < -0.4 is 20.3 Å². The van der Waals surface area contributed by atoms with Crippen LogP contribution in [0.3, 0.4) is 0 Å². The minimum absolute atomic E-state index is 0.0443. The second-order valence-electron chi connectivity index (χ2n) is 14.7. The number of esters is 1. The van der Waals surface area contributed by atoms with Crippen LogP contribution in [-0.4, -0.2) is 60.5 Å². The third-order valence-corrected chi connectivity index (χ3v) is 11.3. The highest BCUT2D eigenvalue weighted by Crippen LogP contribution is 2.53. The molecule has 5 N–H and O–H groups in total. The number of aryl methyl sites for hydroxylation is 3. The van der Waals surface area contributed by atoms with Crippen molar-refractivity contribution in [2.24, 2.45) is 11.1 Å². The standard InChI is InChI=1S/C30H40ClFNO7P.C9H8ClFO.CH3NO/c1-19-12-20(2)27(24(13-19)40-41(35)36)28(3,4)16-26(34)39-18-38-25-15-29(8-10-30(25,33-5)11-9-29)17-37-21-6-7-22(31)23(32)14-21;10-8-4-3-7(2-1-5-12)6-9(8)11;2-1-3/h6-7,12-14,25,33,35-36H,8-11,15-18H2,1-5H3;3-6H,1-2H2;1H,(H2,2,3). The Morgan fingerprint density at radius 2 is 1.64 bits per heavy atom. The number of rotatable bonds is 15. The predicted octanol–water partition coefficient (Wildman–Crippen LogP) is 7.95. The fourth-order valence-electron chi connectivity index (χ4n) is 7.54. The van der Waals surface area contributed by atoms with Gasteiger partial charge >= 0.3 is 14.6 Å². The van der Waals surface area contributed by atoms with Crippen LogP contribution in [0.4, 0.5) is 8.78 Å². The highest BCUT2D eigenvalue weighted by Gasteiger charge is 2.55. The first-order valence-corrected chi connectivity index (χ1v) is 19.9. The van der Waals surface area contributed by atoms with Crippen LogP contribution in [0, 0.1) is 30.9 Å². The quantitative estimate of drug-likeness (QED) is 0.0511. The lowest BCUT2D eigenvalue weighted by Crippen LogP contribution is -2.64. The monoisotopic (exact) mass is 842 g/mol. The van der Waals surface area contributed by atoms with Gasteiger partial charge in [-0.2, -0.15) is 0 Å². The molecule has 3 saturated carbocycles. The van der Waals surface area contributed by atoms with E-state index in [9.17, 15) is 28.2 Å². The number of hydrogen-bond donors (Lipinski definition) is 4. The van der Waals surface area contributed by atoms with E-state index in [1.165, 1.54) is 24.3 Å². The summed E-state index contributed by atoms with van der Waals surface area (Å²) in [6.45, 7) is 7.83. The molecule has 0 aromatic heterocycles. The van der Waals surface area contributed by atoms with Gasteiger partial charge in [0.25, 0.3) is 0 Å². The van der Waals surface area contributed by atoms with Gasteiger partial charge in [-0.1, -0.05) is 49.2 Å². The highest BCUT2D eigenvalue weighted by molar-refractivity contribution is 7.39. The van der Waals surface area contributed by atoms with E-state index in [1.807, 2.05) is 40.8 Å². The Morgan fingerprint density at radius 3 is 2.21 bits per heavy atom. The number of ether oxygens (including phenoxy) is 3. The van der Waals surface area contributed by atoms with E-state index >= 15 is 0 Å². The van der Waals surface area contributed by atoms with Gasteiger partial charge in [-0.3, -0.25) is 9.59 Å². The predicted molar refractivity (Wildman–Crippen MR) is 212 cm³/mol. The molecule has 0 heterocycles. The number of fused-ring (bicyclic) bond motifs is 3. The second kappa shape index (κ2) is 21.4. The zero-order chi connectivity index (χ0) is 41.7. The Balaban J connectivity index is 0.000000470. The molecule has 3 aliphatic carbocycles. The number of amides is 1. The largest absolute Gasteiger partial charge is 0.493 e. The molecule has 308 valence electrons. The Hall–Kier alpha value is -3.42. The van der Waals surface area contributed by atoms with Gasteiger partial charge in [0.05, 0.1) is 29.2 Å². The molecule has 1 amide bonds. The number of hydrogen-bond acceptors (Lipinski definition) is 10. The number of primary amides is 1. The summed E-state index contributed by atoms with van der Waals surface area (Å²) >= 11 is 11.3. The van der Waals surface area contributed by atoms with E-state index < -0.39 is 31.6 Å². The summed E-state index contributed by atoms with van der Waals surface area (Å²) in [4.78, 5) is 50.5. The molecule has 3 aromatic carbocycles. The minimum atomic E-state index is -2.61. The molecule has 3 fully saturated rings. The van der Waals surface area contributed by atoms with Gasteiger partial charge < -0.3 is 44.4 Å². The SMILES string of the molecule is CNC12CCC(COc3ccc(Cl)c(F)c3)(CC1)CC2OCOC(=O)CC(C)(C)c1c(C)cc(C)cc1OP(O)O.NC=O.O=CCCc1ccc(Cl)c(F)c1. The Labute approximate surface area is 338 Å². The summed E-state index contributed by atoms with van der Waals surface area (Å²) < 4.78 is 49.8. The van der Waals surface area contributed by atoms with Crippen molar-refractivity contribution in [3.8, 4) is 11.5 Å². The normalized spacial score (nSPS) is 19.9. The van der Waals surface area contributed by atoms with E-state index in [-0.39, 0.29) is 46.7 Å². The van der Waals surface area contributed by atoms with Crippen LogP contribution in [0.25, 0.3) is 0 Å². The first-order chi connectivity index (χ1) is 26.4. The fraction of sp³-hybridized carbons (Fsp3) is 0.475. The number of nitrogens with two attached hydrogens (primary N) is 1. The van der Waals surface area contributed by atoms with Crippen LogP contribution in [0.15, 0.2) is 48.5 Å². The third-order valence-electron chi connectivity index (χ3n) is 10.3. The lowest BCUT2D eigenvalue weighted by molar-refractivity contribution is -0.185.